The van der Waals surface area contributed by atoms with Gasteiger partial charge in [0.1, 0.15) is 0 Å². The first-order chi connectivity index (χ1) is 15.0. The number of carbonyl (C=O) groups is 2. The Balaban J connectivity index is 1.46. The van der Waals surface area contributed by atoms with Crippen LogP contribution in [-0.2, 0) is 6.54 Å². The molecule has 0 saturated heterocycles. The predicted molar refractivity (Wildman–Crippen MR) is 117 cm³/mol. The first kappa shape index (κ1) is 20.2. The molecule has 0 atom stereocenters. The number of nitrogens with one attached hydrogen (secondary N) is 1. The van der Waals surface area contributed by atoms with Crippen LogP contribution in [0.5, 0.6) is 0 Å². The van der Waals surface area contributed by atoms with Gasteiger partial charge in [0, 0.05) is 36.6 Å². The number of para-hydroxylation sites is 1. The largest absolute Gasteiger partial charge is 0.459 e. The molecule has 7 heteroatoms. The molecule has 0 aliphatic carbocycles. The van der Waals surface area contributed by atoms with Crippen molar-refractivity contribution in [3.05, 3.63) is 102 Å². The third-order valence-corrected chi connectivity index (χ3v) is 4.90. The van der Waals surface area contributed by atoms with Crippen LogP contribution in [0.15, 0.2) is 83.7 Å². The van der Waals surface area contributed by atoms with Gasteiger partial charge >= 0.3 is 0 Å². The van der Waals surface area contributed by atoms with Gasteiger partial charge in [-0.25, -0.2) is 4.68 Å². The Labute approximate surface area is 179 Å². The van der Waals surface area contributed by atoms with Crippen molar-refractivity contribution in [1.29, 1.82) is 0 Å². The molecule has 2 aromatic carbocycles. The Morgan fingerprint density at radius 2 is 1.90 bits per heavy atom. The minimum atomic E-state index is -0.362. The Morgan fingerprint density at radius 1 is 1.10 bits per heavy atom. The highest BCUT2D eigenvalue weighted by atomic mass is 16.3. The normalized spacial score (nSPS) is 10.6. The van der Waals surface area contributed by atoms with Crippen molar-refractivity contribution in [1.82, 2.24) is 14.7 Å². The molecule has 2 amide bonds. The number of aromatic nitrogens is 2. The zero-order valence-electron chi connectivity index (χ0n) is 17.3. The number of hydrogen-bond acceptors (Lipinski definition) is 4. The molecule has 0 aliphatic rings. The number of furan rings is 1. The number of aryl methyl sites for hydroxylation is 1. The topological polar surface area (TPSA) is 80.4 Å². The van der Waals surface area contributed by atoms with Crippen molar-refractivity contribution in [3.63, 3.8) is 0 Å². The van der Waals surface area contributed by atoms with Gasteiger partial charge in [0.05, 0.1) is 18.1 Å². The quantitative estimate of drug-likeness (QED) is 0.510. The van der Waals surface area contributed by atoms with Gasteiger partial charge in [0.25, 0.3) is 11.8 Å². The van der Waals surface area contributed by atoms with Crippen LogP contribution in [0.25, 0.3) is 5.69 Å². The number of hydrogen-bond donors (Lipinski definition) is 1. The van der Waals surface area contributed by atoms with Crippen molar-refractivity contribution in [2.24, 2.45) is 0 Å². The highest BCUT2D eigenvalue weighted by Crippen LogP contribution is 2.20. The van der Waals surface area contributed by atoms with Crippen LogP contribution in [-0.4, -0.2) is 33.5 Å². The van der Waals surface area contributed by atoms with Crippen LogP contribution in [0.3, 0.4) is 0 Å². The van der Waals surface area contributed by atoms with Crippen LogP contribution in [0.1, 0.15) is 32.0 Å². The number of anilines is 1. The molecule has 2 heterocycles. The molecule has 4 rings (SSSR count). The molecule has 0 radical (unpaired) electrons. The Morgan fingerprint density at radius 3 is 2.65 bits per heavy atom. The minimum Gasteiger partial charge on any atom is -0.459 e. The zero-order valence-corrected chi connectivity index (χ0v) is 17.3. The first-order valence-electron chi connectivity index (χ1n) is 9.81. The maximum atomic E-state index is 13.0. The lowest BCUT2D eigenvalue weighted by Gasteiger charge is -2.17. The van der Waals surface area contributed by atoms with E-state index in [1.54, 1.807) is 47.1 Å². The summed E-state index contributed by atoms with van der Waals surface area (Å²) in [5, 5.41) is 7.18. The molecular weight excluding hydrogens is 392 g/mol. The molecule has 7 nitrogen and oxygen atoms in total. The zero-order chi connectivity index (χ0) is 21.8. The van der Waals surface area contributed by atoms with Crippen LogP contribution in [0, 0.1) is 6.92 Å². The van der Waals surface area contributed by atoms with E-state index in [9.17, 15) is 9.59 Å². The van der Waals surface area contributed by atoms with Crippen LogP contribution in [0.2, 0.25) is 0 Å². The SMILES string of the molecule is Cc1ccc(C(=O)N(C)Cc2cnn(-c3ccccc3)c2)cc1NC(=O)c1ccco1. The molecule has 0 bridgehead atoms. The molecule has 0 saturated carbocycles. The van der Waals surface area contributed by atoms with Crippen LogP contribution in [0.4, 0.5) is 5.69 Å². The van der Waals surface area contributed by atoms with E-state index in [1.807, 2.05) is 49.5 Å². The molecular formula is C24H22N4O3. The van der Waals surface area contributed by atoms with Crippen molar-refractivity contribution in [2.75, 3.05) is 12.4 Å². The van der Waals surface area contributed by atoms with Crippen molar-refractivity contribution < 1.29 is 14.0 Å². The van der Waals surface area contributed by atoms with E-state index in [-0.39, 0.29) is 17.6 Å². The van der Waals surface area contributed by atoms with E-state index < -0.39 is 0 Å². The Kier molecular flexibility index (Phi) is 5.66. The van der Waals surface area contributed by atoms with Gasteiger partial charge < -0.3 is 14.6 Å². The molecule has 4 aromatic rings. The number of carbonyl (C=O) groups excluding carboxylic acids is 2. The summed E-state index contributed by atoms with van der Waals surface area (Å²) in [5.41, 5.74) is 3.77. The second kappa shape index (κ2) is 8.71. The summed E-state index contributed by atoms with van der Waals surface area (Å²) in [5.74, 6) is -0.302. The molecule has 1 N–H and O–H groups in total. The van der Waals surface area contributed by atoms with E-state index in [1.165, 1.54) is 6.26 Å². The van der Waals surface area contributed by atoms with Crippen molar-refractivity contribution >= 4 is 17.5 Å². The van der Waals surface area contributed by atoms with Gasteiger partial charge in [-0.3, -0.25) is 9.59 Å². The first-order valence-corrected chi connectivity index (χ1v) is 9.81. The number of amides is 2. The fourth-order valence-electron chi connectivity index (χ4n) is 3.21. The summed E-state index contributed by atoms with van der Waals surface area (Å²) in [7, 11) is 1.74. The average Bonchev–Trinajstić information content (AvgIpc) is 3.48. The molecule has 0 aliphatic heterocycles. The van der Waals surface area contributed by atoms with E-state index in [2.05, 4.69) is 10.4 Å². The molecule has 31 heavy (non-hydrogen) atoms. The highest BCUT2D eigenvalue weighted by molar-refractivity contribution is 6.03. The molecule has 0 unspecified atom stereocenters. The van der Waals surface area contributed by atoms with Crippen LogP contribution >= 0.6 is 0 Å². The fraction of sp³-hybridized carbons (Fsp3) is 0.125. The summed E-state index contributed by atoms with van der Waals surface area (Å²) in [6.07, 6.45) is 5.10. The van der Waals surface area contributed by atoms with Crippen LogP contribution < -0.4 is 5.32 Å². The Hall–Kier alpha value is -4.13. The smallest absolute Gasteiger partial charge is 0.291 e. The number of nitrogens with zero attached hydrogens (tertiary/aromatic N) is 3. The van der Waals surface area contributed by atoms with Gasteiger partial charge in [-0.15, -0.1) is 0 Å². The average molecular weight is 414 g/mol. The lowest BCUT2D eigenvalue weighted by Crippen LogP contribution is -2.26. The third kappa shape index (κ3) is 4.56. The predicted octanol–water partition coefficient (Wildman–Crippen LogP) is 4.30. The summed E-state index contributed by atoms with van der Waals surface area (Å²) in [6, 6.07) is 18.3. The maximum absolute atomic E-state index is 13.0. The van der Waals surface area contributed by atoms with E-state index in [4.69, 9.17) is 4.42 Å². The molecule has 156 valence electrons. The van der Waals surface area contributed by atoms with E-state index >= 15 is 0 Å². The third-order valence-electron chi connectivity index (χ3n) is 4.90. The number of benzene rings is 2. The van der Waals surface area contributed by atoms with Crippen molar-refractivity contribution in [2.45, 2.75) is 13.5 Å². The monoisotopic (exact) mass is 414 g/mol. The number of rotatable bonds is 6. The Bertz CT molecular complexity index is 1200. The molecule has 2 aromatic heterocycles. The maximum Gasteiger partial charge on any atom is 0.291 e. The summed E-state index contributed by atoms with van der Waals surface area (Å²) in [4.78, 5) is 26.9. The van der Waals surface area contributed by atoms with Gasteiger partial charge in [-0.05, 0) is 48.9 Å². The van der Waals surface area contributed by atoms with E-state index in [0.717, 1.165) is 16.8 Å². The van der Waals surface area contributed by atoms with Gasteiger partial charge in [0.15, 0.2) is 5.76 Å². The summed E-state index contributed by atoms with van der Waals surface area (Å²) >= 11 is 0. The second-order valence-electron chi connectivity index (χ2n) is 7.25. The fourth-order valence-corrected chi connectivity index (χ4v) is 3.21. The van der Waals surface area contributed by atoms with Gasteiger partial charge in [-0.2, -0.15) is 5.10 Å². The lowest BCUT2D eigenvalue weighted by molar-refractivity contribution is 0.0784. The molecule has 0 spiro atoms. The van der Waals surface area contributed by atoms with E-state index in [0.29, 0.717) is 17.8 Å². The van der Waals surface area contributed by atoms with Crippen molar-refractivity contribution in [3.8, 4) is 5.69 Å². The van der Waals surface area contributed by atoms with Gasteiger partial charge in [0.2, 0.25) is 0 Å². The standard InChI is InChI=1S/C24H22N4O3/c1-17-10-11-19(13-21(17)26-23(29)22-9-6-12-31-22)24(30)27(2)15-18-14-25-28(16-18)20-7-4-3-5-8-20/h3-14,16H,15H2,1-2H3,(H,26,29). The molecule has 0 fully saturated rings. The summed E-state index contributed by atoms with van der Waals surface area (Å²) in [6.45, 7) is 2.28. The second-order valence-corrected chi connectivity index (χ2v) is 7.25. The highest BCUT2D eigenvalue weighted by Gasteiger charge is 2.16. The lowest BCUT2D eigenvalue weighted by atomic mass is 10.1. The van der Waals surface area contributed by atoms with Gasteiger partial charge in [-0.1, -0.05) is 24.3 Å². The summed E-state index contributed by atoms with van der Waals surface area (Å²) < 4.78 is 6.91. The minimum absolute atomic E-state index is 0.152.